The maximum atomic E-state index is 12.6. The molecule has 2 fully saturated rings. The van der Waals surface area contributed by atoms with E-state index in [1.165, 1.54) is 38.6 Å². The summed E-state index contributed by atoms with van der Waals surface area (Å²) in [6, 6.07) is 1.94. The number of amides is 2. The number of rotatable bonds is 4. The van der Waals surface area contributed by atoms with Gasteiger partial charge in [0.2, 0.25) is 0 Å². The minimum absolute atomic E-state index is 0.0395. The second kappa shape index (κ2) is 8.70. The lowest BCUT2D eigenvalue weighted by atomic mass is 9.89. The molecule has 1 saturated carbocycles. The molecule has 2 heterocycles. The molecule has 1 saturated heterocycles. The fourth-order valence-corrected chi connectivity index (χ4v) is 4.11. The Morgan fingerprint density at radius 3 is 2.72 bits per heavy atom. The Hall–Kier alpha value is -1.56. The van der Waals surface area contributed by atoms with Crippen LogP contribution in [0.1, 0.15) is 57.2 Å². The van der Waals surface area contributed by atoms with Gasteiger partial charge >= 0.3 is 6.03 Å². The van der Waals surface area contributed by atoms with Crippen LogP contribution in [0.3, 0.4) is 0 Å². The van der Waals surface area contributed by atoms with Crippen molar-refractivity contribution in [3.8, 4) is 0 Å². The topological polar surface area (TPSA) is 53.4 Å². The summed E-state index contributed by atoms with van der Waals surface area (Å²) < 4.78 is 1.77. The van der Waals surface area contributed by atoms with Crippen molar-refractivity contribution in [3.63, 3.8) is 0 Å². The number of carbonyl (C=O) groups excluding carboxylic acids is 1. The van der Waals surface area contributed by atoms with Gasteiger partial charge in [-0.25, -0.2) is 4.79 Å². The Labute approximate surface area is 151 Å². The SMILES string of the molecule is CC(NC(=O)N1CCCN(CC2CCCCC2)CC1)c1ccn(C)n1. The summed E-state index contributed by atoms with van der Waals surface area (Å²) in [6.45, 7) is 7.01. The van der Waals surface area contributed by atoms with Crippen molar-refractivity contribution in [3.05, 3.63) is 18.0 Å². The van der Waals surface area contributed by atoms with Gasteiger partial charge in [0.1, 0.15) is 0 Å². The number of hydrogen-bond acceptors (Lipinski definition) is 3. The molecule has 0 spiro atoms. The van der Waals surface area contributed by atoms with Crippen LogP contribution < -0.4 is 5.32 Å². The van der Waals surface area contributed by atoms with E-state index in [0.717, 1.165) is 44.2 Å². The van der Waals surface area contributed by atoms with Crippen molar-refractivity contribution in [2.45, 2.75) is 51.5 Å². The fourth-order valence-electron chi connectivity index (χ4n) is 4.11. The van der Waals surface area contributed by atoms with Gasteiger partial charge in [0.05, 0.1) is 11.7 Å². The van der Waals surface area contributed by atoms with Gasteiger partial charge in [-0.2, -0.15) is 5.10 Å². The highest BCUT2D eigenvalue weighted by Gasteiger charge is 2.23. The van der Waals surface area contributed by atoms with Gasteiger partial charge in [0.25, 0.3) is 0 Å². The molecule has 1 N–H and O–H groups in total. The molecule has 0 bridgehead atoms. The summed E-state index contributed by atoms with van der Waals surface area (Å²) in [5, 5.41) is 7.48. The van der Waals surface area contributed by atoms with Gasteiger partial charge in [0.15, 0.2) is 0 Å². The zero-order valence-electron chi connectivity index (χ0n) is 15.8. The van der Waals surface area contributed by atoms with E-state index in [2.05, 4.69) is 15.3 Å². The van der Waals surface area contributed by atoms with E-state index in [1.54, 1.807) is 4.68 Å². The summed E-state index contributed by atoms with van der Waals surface area (Å²) in [4.78, 5) is 17.1. The van der Waals surface area contributed by atoms with E-state index in [0.29, 0.717) is 0 Å². The zero-order chi connectivity index (χ0) is 17.6. The summed E-state index contributed by atoms with van der Waals surface area (Å²) in [5.41, 5.74) is 0.907. The maximum Gasteiger partial charge on any atom is 0.317 e. The largest absolute Gasteiger partial charge is 0.330 e. The first-order valence-electron chi connectivity index (χ1n) is 9.89. The summed E-state index contributed by atoms with van der Waals surface area (Å²) in [7, 11) is 1.90. The second-order valence-electron chi connectivity index (χ2n) is 7.73. The molecule has 2 aliphatic rings. The molecule has 25 heavy (non-hydrogen) atoms. The van der Waals surface area contributed by atoms with Crippen LogP contribution >= 0.6 is 0 Å². The molecule has 0 aromatic carbocycles. The van der Waals surface area contributed by atoms with Gasteiger partial charge in [-0.1, -0.05) is 19.3 Å². The molecule has 1 aromatic heterocycles. The standard InChI is InChI=1S/C19H33N5O/c1-16(18-9-12-22(2)21-18)20-19(25)24-11-6-10-23(13-14-24)15-17-7-4-3-5-8-17/h9,12,16-17H,3-8,10-11,13-15H2,1-2H3,(H,20,25). The van der Waals surface area contributed by atoms with Crippen molar-refractivity contribution < 1.29 is 4.79 Å². The average molecular weight is 348 g/mol. The minimum atomic E-state index is -0.0599. The van der Waals surface area contributed by atoms with Crippen molar-refractivity contribution in [1.29, 1.82) is 0 Å². The van der Waals surface area contributed by atoms with E-state index in [4.69, 9.17) is 0 Å². The molecule has 0 radical (unpaired) electrons. The van der Waals surface area contributed by atoms with Gasteiger partial charge in [-0.05, 0) is 44.7 Å². The van der Waals surface area contributed by atoms with E-state index in [-0.39, 0.29) is 12.1 Å². The van der Waals surface area contributed by atoms with Crippen LogP contribution in [0.15, 0.2) is 12.3 Å². The first-order chi connectivity index (χ1) is 12.1. The first-order valence-corrected chi connectivity index (χ1v) is 9.89. The number of aromatic nitrogens is 2. The lowest BCUT2D eigenvalue weighted by Crippen LogP contribution is -2.43. The third-order valence-corrected chi connectivity index (χ3v) is 5.63. The van der Waals surface area contributed by atoms with Gasteiger partial charge < -0.3 is 15.1 Å². The zero-order valence-corrected chi connectivity index (χ0v) is 15.8. The first kappa shape index (κ1) is 18.2. The monoisotopic (exact) mass is 347 g/mol. The third-order valence-electron chi connectivity index (χ3n) is 5.63. The number of aryl methyl sites for hydroxylation is 1. The molecule has 1 unspecified atom stereocenters. The van der Waals surface area contributed by atoms with Crippen molar-refractivity contribution >= 4 is 6.03 Å². The van der Waals surface area contributed by atoms with Gasteiger partial charge in [-0.3, -0.25) is 4.68 Å². The van der Waals surface area contributed by atoms with E-state index >= 15 is 0 Å². The molecule has 2 amide bonds. The van der Waals surface area contributed by atoms with Crippen LogP contribution in [0.4, 0.5) is 4.79 Å². The normalized spacial score (nSPS) is 21.8. The summed E-state index contributed by atoms with van der Waals surface area (Å²) >= 11 is 0. The average Bonchev–Trinajstić information content (AvgIpc) is 2.91. The molecule has 1 atom stereocenters. The highest BCUT2D eigenvalue weighted by atomic mass is 16.2. The van der Waals surface area contributed by atoms with E-state index < -0.39 is 0 Å². The Morgan fingerprint density at radius 2 is 2.00 bits per heavy atom. The lowest BCUT2D eigenvalue weighted by molar-refractivity contribution is 0.187. The molecule has 1 aliphatic carbocycles. The molecule has 6 heteroatoms. The Kier molecular flexibility index (Phi) is 6.34. The number of urea groups is 1. The van der Waals surface area contributed by atoms with E-state index in [9.17, 15) is 4.79 Å². The van der Waals surface area contributed by atoms with E-state index in [1.807, 2.05) is 31.1 Å². The number of carbonyl (C=O) groups is 1. The van der Waals surface area contributed by atoms with Gasteiger partial charge in [0, 0.05) is 39.4 Å². The Balaban J connectivity index is 1.45. The Bertz CT molecular complexity index is 552. The quantitative estimate of drug-likeness (QED) is 0.911. The van der Waals surface area contributed by atoms with Crippen molar-refractivity contribution in [2.75, 3.05) is 32.7 Å². The smallest absolute Gasteiger partial charge is 0.317 e. The molecular formula is C19H33N5O. The molecule has 1 aliphatic heterocycles. The molecule has 140 valence electrons. The van der Waals surface area contributed by atoms with Crippen LogP contribution in [-0.2, 0) is 7.05 Å². The van der Waals surface area contributed by atoms with Crippen LogP contribution in [0.5, 0.6) is 0 Å². The van der Waals surface area contributed by atoms with Gasteiger partial charge in [-0.15, -0.1) is 0 Å². The second-order valence-corrected chi connectivity index (χ2v) is 7.73. The Morgan fingerprint density at radius 1 is 1.20 bits per heavy atom. The van der Waals surface area contributed by atoms with Crippen LogP contribution in [-0.4, -0.2) is 58.3 Å². The summed E-state index contributed by atoms with van der Waals surface area (Å²) in [6.07, 6.45) is 9.98. The number of nitrogens with one attached hydrogen (secondary N) is 1. The molecule has 6 nitrogen and oxygen atoms in total. The molecule has 3 rings (SSSR count). The number of nitrogens with zero attached hydrogens (tertiary/aromatic N) is 4. The van der Waals surface area contributed by atoms with Crippen molar-refractivity contribution in [2.24, 2.45) is 13.0 Å². The predicted molar refractivity (Wildman–Crippen MR) is 99.4 cm³/mol. The van der Waals surface area contributed by atoms with Crippen LogP contribution in [0.25, 0.3) is 0 Å². The maximum absolute atomic E-state index is 12.6. The van der Waals surface area contributed by atoms with Crippen LogP contribution in [0, 0.1) is 5.92 Å². The fraction of sp³-hybridized carbons (Fsp3) is 0.789. The predicted octanol–water partition coefficient (Wildman–Crippen LogP) is 2.78. The van der Waals surface area contributed by atoms with Crippen molar-refractivity contribution in [1.82, 2.24) is 24.9 Å². The molecular weight excluding hydrogens is 314 g/mol. The summed E-state index contributed by atoms with van der Waals surface area (Å²) in [5.74, 6) is 0.873. The molecule has 1 aromatic rings. The van der Waals surface area contributed by atoms with Crippen LogP contribution in [0.2, 0.25) is 0 Å². The lowest BCUT2D eigenvalue weighted by Gasteiger charge is -2.29. The highest BCUT2D eigenvalue weighted by Crippen LogP contribution is 2.24. The minimum Gasteiger partial charge on any atom is -0.330 e. The highest BCUT2D eigenvalue weighted by molar-refractivity contribution is 5.74. The number of hydrogen-bond donors (Lipinski definition) is 1. The third kappa shape index (κ3) is 5.21.